The molecule has 2 aromatic carbocycles. The van der Waals surface area contributed by atoms with Crippen LogP contribution in [0.1, 0.15) is 15.9 Å². The summed E-state index contributed by atoms with van der Waals surface area (Å²) in [7, 11) is 1.48. The summed E-state index contributed by atoms with van der Waals surface area (Å²) in [5.41, 5.74) is 1.13. The minimum Gasteiger partial charge on any atom is -0.493 e. The van der Waals surface area contributed by atoms with Gasteiger partial charge in [0.15, 0.2) is 11.5 Å². The fourth-order valence-corrected chi connectivity index (χ4v) is 3.81. The van der Waals surface area contributed by atoms with Crippen LogP contribution in [0.5, 0.6) is 11.5 Å². The summed E-state index contributed by atoms with van der Waals surface area (Å²) in [6.45, 7) is 0. The van der Waals surface area contributed by atoms with E-state index in [4.69, 9.17) is 21.7 Å². The van der Waals surface area contributed by atoms with Gasteiger partial charge in [-0.3, -0.25) is 4.79 Å². The Morgan fingerprint density at radius 2 is 2.00 bits per heavy atom. The van der Waals surface area contributed by atoms with Crippen molar-refractivity contribution in [3.63, 3.8) is 0 Å². The molecule has 8 heteroatoms. The number of benzene rings is 2. The lowest BCUT2D eigenvalue weighted by Gasteiger charge is -2.12. The third kappa shape index (κ3) is 4.14. The molecule has 0 spiro atoms. The van der Waals surface area contributed by atoms with Crippen LogP contribution in [-0.4, -0.2) is 23.3 Å². The summed E-state index contributed by atoms with van der Waals surface area (Å²) in [6.07, 6.45) is 1.69. The smallest absolute Gasteiger partial charge is 0.343 e. The SMILES string of the molecule is COc1cc(/C=C2\SC(=S)NC2=O)cc(Br)c1OC(=O)c1ccccc1. The van der Waals surface area contributed by atoms with Crippen LogP contribution in [0.2, 0.25) is 0 Å². The number of thioether (sulfide) groups is 1. The van der Waals surface area contributed by atoms with Gasteiger partial charge >= 0.3 is 5.97 Å². The van der Waals surface area contributed by atoms with Crippen molar-refractivity contribution in [2.75, 3.05) is 7.11 Å². The van der Waals surface area contributed by atoms with Gasteiger partial charge in [0.25, 0.3) is 5.91 Å². The zero-order valence-electron chi connectivity index (χ0n) is 13.4. The maximum atomic E-state index is 12.3. The van der Waals surface area contributed by atoms with Crippen LogP contribution in [0.3, 0.4) is 0 Å². The topological polar surface area (TPSA) is 64.6 Å². The molecular weight excluding hydrogens is 438 g/mol. The molecule has 1 N–H and O–H groups in total. The van der Waals surface area contributed by atoms with Gasteiger partial charge in [0.05, 0.1) is 22.1 Å². The summed E-state index contributed by atoms with van der Waals surface area (Å²) in [5, 5.41) is 2.56. The number of amides is 1. The van der Waals surface area contributed by atoms with E-state index in [1.54, 1.807) is 42.5 Å². The van der Waals surface area contributed by atoms with Gasteiger partial charge in [-0.2, -0.15) is 0 Å². The van der Waals surface area contributed by atoms with Crippen LogP contribution in [0, 0.1) is 0 Å². The number of carbonyl (C=O) groups is 2. The first-order chi connectivity index (χ1) is 12.5. The average molecular weight is 450 g/mol. The van der Waals surface area contributed by atoms with Gasteiger partial charge < -0.3 is 14.8 Å². The lowest BCUT2D eigenvalue weighted by Crippen LogP contribution is -2.17. The largest absolute Gasteiger partial charge is 0.493 e. The first-order valence-corrected chi connectivity index (χ1v) is 9.39. The first-order valence-electron chi connectivity index (χ1n) is 7.37. The summed E-state index contributed by atoms with van der Waals surface area (Å²) < 4.78 is 11.8. The molecule has 132 valence electrons. The average Bonchev–Trinajstić information content (AvgIpc) is 2.94. The van der Waals surface area contributed by atoms with Crippen molar-refractivity contribution >= 4 is 62.2 Å². The molecule has 5 nitrogen and oxygen atoms in total. The molecule has 1 aliphatic rings. The van der Waals surface area contributed by atoms with E-state index in [1.165, 1.54) is 18.9 Å². The monoisotopic (exact) mass is 449 g/mol. The van der Waals surface area contributed by atoms with Crippen LogP contribution in [0.25, 0.3) is 6.08 Å². The molecule has 0 radical (unpaired) electrons. The summed E-state index contributed by atoms with van der Waals surface area (Å²) in [4.78, 5) is 24.6. The molecule has 1 aliphatic heterocycles. The third-order valence-corrected chi connectivity index (χ3v) is 5.15. The Kier molecular flexibility index (Phi) is 5.75. The Morgan fingerprint density at radius 1 is 1.27 bits per heavy atom. The van der Waals surface area contributed by atoms with Gasteiger partial charge in [0.1, 0.15) is 4.32 Å². The molecule has 1 amide bonds. The predicted molar refractivity (Wildman–Crippen MR) is 108 cm³/mol. The molecule has 1 fully saturated rings. The molecule has 0 bridgehead atoms. The number of halogens is 1. The van der Waals surface area contributed by atoms with Gasteiger partial charge in [0, 0.05) is 0 Å². The molecule has 3 rings (SSSR count). The zero-order chi connectivity index (χ0) is 18.7. The first kappa shape index (κ1) is 18.6. The standard InChI is InChI=1S/C18H12BrNO4S2/c1-23-13-8-10(9-14-16(21)20-18(25)26-14)7-12(19)15(13)24-17(22)11-5-3-2-4-6-11/h2-9H,1H3,(H,20,21,25)/b14-9-. The number of thiocarbonyl (C=S) groups is 1. The van der Waals surface area contributed by atoms with Crippen molar-refractivity contribution in [3.8, 4) is 11.5 Å². The van der Waals surface area contributed by atoms with E-state index < -0.39 is 5.97 Å². The molecule has 0 aliphatic carbocycles. The fraction of sp³-hybridized carbons (Fsp3) is 0.0556. The fourth-order valence-electron chi connectivity index (χ4n) is 2.22. The minimum absolute atomic E-state index is 0.241. The normalized spacial score (nSPS) is 15.1. The lowest BCUT2D eigenvalue weighted by atomic mass is 10.1. The number of esters is 1. The molecule has 1 saturated heterocycles. The van der Waals surface area contributed by atoms with Crippen LogP contribution in [0.15, 0.2) is 51.8 Å². The Labute approximate surface area is 167 Å². The van der Waals surface area contributed by atoms with Crippen molar-refractivity contribution < 1.29 is 19.1 Å². The second kappa shape index (κ2) is 8.03. The van der Waals surface area contributed by atoms with Crippen molar-refractivity contribution in [1.82, 2.24) is 5.32 Å². The van der Waals surface area contributed by atoms with E-state index in [0.717, 1.165) is 0 Å². The van der Waals surface area contributed by atoms with E-state index in [2.05, 4.69) is 21.2 Å². The van der Waals surface area contributed by atoms with E-state index in [9.17, 15) is 9.59 Å². The van der Waals surface area contributed by atoms with Crippen molar-refractivity contribution in [2.24, 2.45) is 0 Å². The number of ether oxygens (including phenoxy) is 2. The van der Waals surface area contributed by atoms with Crippen LogP contribution in [-0.2, 0) is 4.79 Å². The molecular formula is C18H12BrNO4S2. The molecule has 0 unspecified atom stereocenters. The number of carbonyl (C=O) groups excluding carboxylic acids is 2. The highest BCUT2D eigenvalue weighted by molar-refractivity contribution is 9.10. The third-order valence-electron chi connectivity index (χ3n) is 3.40. The van der Waals surface area contributed by atoms with Crippen LogP contribution >= 0.6 is 39.9 Å². The zero-order valence-corrected chi connectivity index (χ0v) is 16.7. The highest BCUT2D eigenvalue weighted by Crippen LogP contribution is 2.38. The number of hydrogen-bond acceptors (Lipinski definition) is 6. The number of methoxy groups -OCH3 is 1. The number of hydrogen-bond donors (Lipinski definition) is 1. The Morgan fingerprint density at radius 3 is 2.62 bits per heavy atom. The summed E-state index contributed by atoms with van der Waals surface area (Å²) in [5.74, 6) is -0.106. The molecule has 26 heavy (non-hydrogen) atoms. The van der Waals surface area contributed by atoms with Gasteiger partial charge in [-0.05, 0) is 51.8 Å². The van der Waals surface area contributed by atoms with Crippen molar-refractivity contribution in [3.05, 3.63) is 63.0 Å². The number of rotatable bonds is 4. The van der Waals surface area contributed by atoms with E-state index in [0.29, 0.717) is 30.6 Å². The van der Waals surface area contributed by atoms with Crippen molar-refractivity contribution in [1.29, 1.82) is 0 Å². The quantitative estimate of drug-likeness (QED) is 0.327. The molecule has 0 atom stereocenters. The van der Waals surface area contributed by atoms with E-state index in [1.807, 2.05) is 6.07 Å². The van der Waals surface area contributed by atoms with Crippen molar-refractivity contribution in [2.45, 2.75) is 0 Å². The van der Waals surface area contributed by atoms with Crippen LogP contribution in [0.4, 0.5) is 0 Å². The Balaban J connectivity index is 1.91. The molecule has 0 saturated carbocycles. The molecule has 2 aromatic rings. The van der Waals surface area contributed by atoms with Gasteiger partial charge in [-0.1, -0.05) is 42.2 Å². The molecule has 0 aromatic heterocycles. The van der Waals surface area contributed by atoms with Gasteiger partial charge in [-0.15, -0.1) is 0 Å². The number of nitrogens with one attached hydrogen (secondary N) is 1. The second-order valence-electron chi connectivity index (χ2n) is 5.14. The van der Waals surface area contributed by atoms with Crippen LogP contribution < -0.4 is 14.8 Å². The maximum absolute atomic E-state index is 12.3. The minimum atomic E-state index is -0.494. The van der Waals surface area contributed by atoms with Gasteiger partial charge in [0.2, 0.25) is 0 Å². The Hall–Kier alpha value is -2.16. The highest BCUT2D eigenvalue weighted by Gasteiger charge is 2.23. The lowest BCUT2D eigenvalue weighted by molar-refractivity contribution is -0.115. The maximum Gasteiger partial charge on any atom is 0.343 e. The Bertz CT molecular complexity index is 928. The predicted octanol–water partition coefficient (Wildman–Crippen LogP) is 4.17. The van der Waals surface area contributed by atoms with E-state index in [-0.39, 0.29) is 11.7 Å². The van der Waals surface area contributed by atoms with Gasteiger partial charge in [-0.25, -0.2) is 4.79 Å². The summed E-state index contributed by atoms with van der Waals surface area (Å²) in [6, 6.07) is 12.1. The highest BCUT2D eigenvalue weighted by atomic mass is 79.9. The summed E-state index contributed by atoms with van der Waals surface area (Å²) >= 11 is 9.56. The molecule has 1 heterocycles. The second-order valence-corrected chi connectivity index (χ2v) is 7.72. The van der Waals surface area contributed by atoms with E-state index >= 15 is 0 Å².